The van der Waals surface area contributed by atoms with Crippen LogP contribution >= 0.6 is 22.6 Å². The molecular weight excluding hydrogens is 379 g/mol. The molecule has 0 saturated heterocycles. The minimum atomic E-state index is -0.250. The number of benzene rings is 2. The number of methoxy groups -OCH3 is 1. The highest BCUT2D eigenvalue weighted by molar-refractivity contribution is 14.1. The van der Waals surface area contributed by atoms with Gasteiger partial charge in [0, 0.05) is 5.56 Å². The first-order valence-electron chi connectivity index (χ1n) is 6.34. The van der Waals surface area contributed by atoms with E-state index in [1.54, 1.807) is 31.5 Å². The van der Waals surface area contributed by atoms with E-state index in [1.165, 1.54) is 0 Å². The molecule has 0 aliphatic rings. The fourth-order valence-electron chi connectivity index (χ4n) is 1.76. The van der Waals surface area contributed by atoms with Gasteiger partial charge in [0.05, 0.1) is 16.9 Å². The van der Waals surface area contributed by atoms with Crippen LogP contribution in [-0.2, 0) is 0 Å². The molecule has 0 heterocycles. The van der Waals surface area contributed by atoms with E-state index >= 15 is 0 Å². The lowest BCUT2D eigenvalue weighted by Gasteiger charge is -2.05. The Morgan fingerprint density at radius 1 is 1.29 bits per heavy atom. The van der Waals surface area contributed by atoms with Crippen LogP contribution in [0.1, 0.15) is 21.5 Å². The molecule has 0 saturated carbocycles. The van der Waals surface area contributed by atoms with E-state index in [0.29, 0.717) is 5.56 Å². The highest BCUT2D eigenvalue weighted by Crippen LogP contribution is 2.21. The highest BCUT2D eigenvalue weighted by Gasteiger charge is 2.07. The predicted octanol–water partition coefficient (Wildman–Crippen LogP) is 3.37. The number of nitrogens with one attached hydrogen (secondary N) is 1. The number of hydrogen-bond acceptors (Lipinski definition) is 3. The lowest BCUT2D eigenvalue weighted by atomic mass is 10.1. The first-order chi connectivity index (χ1) is 10.1. The molecule has 0 unspecified atom stereocenters. The summed E-state index contributed by atoms with van der Waals surface area (Å²) in [4.78, 5) is 12.0. The van der Waals surface area contributed by atoms with Gasteiger partial charge in [0.15, 0.2) is 0 Å². The van der Waals surface area contributed by atoms with Crippen molar-refractivity contribution in [1.29, 1.82) is 0 Å². The van der Waals surface area contributed by atoms with Gasteiger partial charge in [-0.1, -0.05) is 24.3 Å². The third kappa shape index (κ3) is 4.04. The van der Waals surface area contributed by atoms with Crippen molar-refractivity contribution in [2.24, 2.45) is 5.10 Å². The molecule has 108 valence electrons. The molecule has 0 atom stereocenters. The van der Waals surface area contributed by atoms with Crippen molar-refractivity contribution in [1.82, 2.24) is 5.43 Å². The van der Waals surface area contributed by atoms with E-state index in [0.717, 1.165) is 20.4 Å². The van der Waals surface area contributed by atoms with Crippen LogP contribution in [0.3, 0.4) is 0 Å². The minimum Gasteiger partial charge on any atom is -0.496 e. The number of nitrogens with zero attached hydrogens (tertiary/aromatic N) is 1. The molecule has 0 aliphatic heterocycles. The van der Waals surface area contributed by atoms with Crippen molar-refractivity contribution in [3.63, 3.8) is 0 Å². The Morgan fingerprint density at radius 3 is 2.71 bits per heavy atom. The second kappa shape index (κ2) is 7.21. The number of hydrazone groups is 1. The Balaban J connectivity index is 2.05. The maximum absolute atomic E-state index is 12.0. The topological polar surface area (TPSA) is 50.7 Å². The number of amides is 1. The summed E-state index contributed by atoms with van der Waals surface area (Å²) >= 11 is 2.13. The molecule has 0 radical (unpaired) electrons. The zero-order chi connectivity index (χ0) is 15.2. The molecule has 0 aromatic heterocycles. The average molecular weight is 394 g/mol. The summed E-state index contributed by atoms with van der Waals surface area (Å²) in [5.74, 6) is 0.496. The van der Waals surface area contributed by atoms with Gasteiger partial charge < -0.3 is 4.74 Å². The van der Waals surface area contributed by atoms with Crippen LogP contribution in [-0.4, -0.2) is 19.2 Å². The Kier molecular flexibility index (Phi) is 5.32. The van der Waals surface area contributed by atoms with Gasteiger partial charge in [-0.2, -0.15) is 5.10 Å². The van der Waals surface area contributed by atoms with Crippen LogP contribution in [0, 0.1) is 10.5 Å². The highest BCUT2D eigenvalue weighted by atomic mass is 127. The monoisotopic (exact) mass is 394 g/mol. The molecule has 21 heavy (non-hydrogen) atoms. The Labute approximate surface area is 137 Å². The van der Waals surface area contributed by atoms with E-state index in [9.17, 15) is 4.79 Å². The lowest BCUT2D eigenvalue weighted by Crippen LogP contribution is -2.17. The molecule has 1 N–H and O–H groups in total. The number of ether oxygens (including phenoxy) is 1. The number of hydrogen-bond donors (Lipinski definition) is 1. The van der Waals surface area contributed by atoms with Crippen molar-refractivity contribution in [2.75, 3.05) is 7.11 Å². The minimum absolute atomic E-state index is 0.250. The van der Waals surface area contributed by atoms with E-state index in [1.807, 2.05) is 31.2 Å². The standard InChI is InChI=1S/C16H15IN2O2/c1-11-5-3-4-6-13(11)10-18-19-16(20)12-7-8-15(21-2)14(17)9-12/h3-10H,1-2H3,(H,19,20). The van der Waals surface area contributed by atoms with Crippen molar-refractivity contribution in [3.05, 3.63) is 62.7 Å². The molecule has 2 aromatic rings. The van der Waals surface area contributed by atoms with Gasteiger partial charge >= 0.3 is 0 Å². The smallest absolute Gasteiger partial charge is 0.271 e. The van der Waals surface area contributed by atoms with E-state index in [-0.39, 0.29) is 5.91 Å². The van der Waals surface area contributed by atoms with E-state index in [4.69, 9.17) is 4.74 Å². The quantitative estimate of drug-likeness (QED) is 0.491. The third-order valence-electron chi connectivity index (χ3n) is 2.97. The predicted molar refractivity (Wildman–Crippen MR) is 92.0 cm³/mol. The Hall–Kier alpha value is -1.89. The first kappa shape index (κ1) is 15.5. The number of aryl methyl sites for hydroxylation is 1. The Morgan fingerprint density at radius 2 is 2.05 bits per heavy atom. The second-order valence-electron chi connectivity index (χ2n) is 4.41. The molecule has 1 amide bonds. The summed E-state index contributed by atoms with van der Waals surface area (Å²) in [5.41, 5.74) is 5.15. The zero-order valence-corrected chi connectivity index (χ0v) is 13.9. The summed E-state index contributed by atoms with van der Waals surface area (Å²) in [6, 6.07) is 13.1. The van der Waals surface area contributed by atoms with Crippen LogP contribution < -0.4 is 10.2 Å². The van der Waals surface area contributed by atoms with Crippen molar-refractivity contribution < 1.29 is 9.53 Å². The van der Waals surface area contributed by atoms with Crippen LogP contribution in [0.2, 0.25) is 0 Å². The van der Waals surface area contributed by atoms with Crippen molar-refractivity contribution >= 4 is 34.7 Å². The molecule has 4 nitrogen and oxygen atoms in total. The van der Waals surface area contributed by atoms with Gasteiger partial charge in [-0.05, 0) is 58.8 Å². The molecule has 5 heteroatoms. The fourth-order valence-corrected chi connectivity index (χ4v) is 2.50. The number of rotatable bonds is 4. The van der Waals surface area contributed by atoms with Crippen molar-refractivity contribution in [2.45, 2.75) is 6.92 Å². The molecular formula is C16H15IN2O2. The third-order valence-corrected chi connectivity index (χ3v) is 3.82. The summed E-state index contributed by atoms with van der Waals surface area (Å²) in [6.45, 7) is 2.00. The van der Waals surface area contributed by atoms with Crippen LogP contribution in [0.25, 0.3) is 0 Å². The van der Waals surface area contributed by atoms with Gasteiger partial charge in [-0.15, -0.1) is 0 Å². The van der Waals surface area contributed by atoms with Crippen molar-refractivity contribution in [3.8, 4) is 5.75 Å². The molecule has 2 rings (SSSR count). The SMILES string of the molecule is COc1ccc(C(=O)NN=Cc2ccccc2C)cc1I. The number of carbonyl (C=O) groups is 1. The van der Waals surface area contributed by atoms with Gasteiger partial charge in [-0.3, -0.25) is 4.79 Å². The summed E-state index contributed by atoms with van der Waals surface area (Å²) in [5, 5.41) is 3.99. The van der Waals surface area contributed by atoms with Crippen LogP contribution in [0.15, 0.2) is 47.6 Å². The normalized spacial score (nSPS) is 10.6. The number of halogens is 1. The van der Waals surface area contributed by atoms with E-state index < -0.39 is 0 Å². The van der Waals surface area contributed by atoms with E-state index in [2.05, 4.69) is 33.1 Å². The summed E-state index contributed by atoms with van der Waals surface area (Å²) in [7, 11) is 1.60. The lowest BCUT2D eigenvalue weighted by molar-refractivity contribution is 0.0955. The summed E-state index contributed by atoms with van der Waals surface area (Å²) < 4.78 is 6.04. The maximum Gasteiger partial charge on any atom is 0.271 e. The molecule has 0 bridgehead atoms. The average Bonchev–Trinajstić information content (AvgIpc) is 2.49. The molecule has 0 fully saturated rings. The van der Waals surface area contributed by atoms with Gasteiger partial charge in [-0.25, -0.2) is 5.43 Å². The summed E-state index contributed by atoms with van der Waals surface area (Å²) in [6.07, 6.45) is 1.64. The van der Waals surface area contributed by atoms with Gasteiger partial charge in [0.1, 0.15) is 5.75 Å². The fraction of sp³-hybridized carbons (Fsp3) is 0.125. The second-order valence-corrected chi connectivity index (χ2v) is 5.57. The molecule has 0 aliphatic carbocycles. The zero-order valence-electron chi connectivity index (χ0n) is 11.8. The first-order valence-corrected chi connectivity index (χ1v) is 7.42. The Bertz CT molecular complexity index is 684. The molecule has 0 spiro atoms. The largest absolute Gasteiger partial charge is 0.496 e. The van der Waals surface area contributed by atoms with Gasteiger partial charge in [0.2, 0.25) is 0 Å². The van der Waals surface area contributed by atoms with Crippen LogP contribution in [0.5, 0.6) is 5.75 Å². The molecule has 2 aromatic carbocycles. The number of carbonyl (C=O) groups excluding carboxylic acids is 1. The maximum atomic E-state index is 12.0. The van der Waals surface area contributed by atoms with Crippen LogP contribution in [0.4, 0.5) is 0 Å². The van der Waals surface area contributed by atoms with Gasteiger partial charge in [0.25, 0.3) is 5.91 Å².